The number of anilines is 1. The van der Waals surface area contributed by atoms with Gasteiger partial charge >= 0.3 is 0 Å². The molecule has 3 heteroatoms. The van der Waals surface area contributed by atoms with Crippen molar-refractivity contribution in [2.24, 2.45) is 0 Å². The van der Waals surface area contributed by atoms with Crippen molar-refractivity contribution >= 4 is 5.82 Å². The van der Waals surface area contributed by atoms with Gasteiger partial charge in [-0.15, -0.1) is 0 Å². The summed E-state index contributed by atoms with van der Waals surface area (Å²) < 4.78 is 0. The van der Waals surface area contributed by atoms with Crippen molar-refractivity contribution in [1.29, 1.82) is 0 Å². The van der Waals surface area contributed by atoms with Crippen LogP contribution in [0.2, 0.25) is 0 Å². The second kappa shape index (κ2) is 3.54. The molecule has 0 amide bonds. The van der Waals surface area contributed by atoms with Crippen molar-refractivity contribution in [1.82, 2.24) is 4.98 Å². The Hall–Kier alpha value is -1.09. The lowest BCUT2D eigenvalue weighted by Gasteiger charge is -2.12. The topological polar surface area (TPSA) is 36.4 Å². The summed E-state index contributed by atoms with van der Waals surface area (Å²) in [5.41, 5.74) is 1.78. The van der Waals surface area contributed by atoms with Gasteiger partial charge in [0.1, 0.15) is 5.82 Å². The van der Waals surface area contributed by atoms with E-state index in [1.165, 1.54) is 0 Å². The van der Waals surface area contributed by atoms with E-state index in [1.54, 1.807) is 0 Å². The highest BCUT2D eigenvalue weighted by Gasteiger charge is 2.00. The standard InChI is InChI=1S/C9H14N2O/c1-7-8(6-12)4-5-9(10-7)11(2)3/h4-5,12H,6H2,1-3H3. The highest BCUT2D eigenvalue weighted by Crippen LogP contribution is 2.11. The number of hydrogen-bond acceptors (Lipinski definition) is 3. The summed E-state index contributed by atoms with van der Waals surface area (Å²) in [6.45, 7) is 1.96. The fourth-order valence-corrected chi connectivity index (χ4v) is 0.993. The van der Waals surface area contributed by atoms with E-state index in [-0.39, 0.29) is 6.61 Å². The number of hydrogen-bond donors (Lipinski definition) is 1. The van der Waals surface area contributed by atoms with Crippen LogP contribution in [0.1, 0.15) is 11.3 Å². The molecule has 0 saturated carbocycles. The predicted octanol–water partition coefficient (Wildman–Crippen LogP) is 0.948. The lowest BCUT2D eigenvalue weighted by molar-refractivity contribution is 0.280. The maximum atomic E-state index is 8.89. The van der Waals surface area contributed by atoms with Gasteiger partial charge in [0.2, 0.25) is 0 Å². The largest absolute Gasteiger partial charge is 0.392 e. The number of aliphatic hydroxyl groups excluding tert-OH is 1. The molecule has 0 bridgehead atoms. The molecule has 1 aromatic heterocycles. The average molecular weight is 166 g/mol. The van der Waals surface area contributed by atoms with E-state index in [9.17, 15) is 0 Å². The molecular weight excluding hydrogens is 152 g/mol. The van der Waals surface area contributed by atoms with Crippen LogP contribution < -0.4 is 4.90 Å². The molecule has 0 saturated heterocycles. The zero-order valence-corrected chi connectivity index (χ0v) is 7.70. The Bertz CT molecular complexity index is 271. The SMILES string of the molecule is Cc1nc(N(C)C)ccc1CO. The van der Waals surface area contributed by atoms with Crippen LogP contribution in [0.4, 0.5) is 5.82 Å². The first-order valence-electron chi connectivity index (χ1n) is 3.90. The van der Waals surface area contributed by atoms with Crippen LogP contribution in [0.3, 0.4) is 0 Å². The second-order valence-electron chi connectivity index (χ2n) is 2.97. The molecule has 1 aromatic rings. The van der Waals surface area contributed by atoms with E-state index in [0.717, 1.165) is 17.1 Å². The normalized spacial score (nSPS) is 10.0. The van der Waals surface area contributed by atoms with E-state index < -0.39 is 0 Å². The molecule has 0 spiro atoms. The third-order valence-corrected chi connectivity index (χ3v) is 1.81. The Morgan fingerprint density at radius 1 is 1.42 bits per heavy atom. The summed E-state index contributed by atoms with van der Waals surface area (Å²) >= 11 is 0. The molecule has 66 valence electrons. The lowest BCUT2D eigenvalue weighted by Crippen LogP contribution is -2.11. The van der Waals surface area contributed by atoms with Gasteiger partial charge < -0.3 is 10.0 Å². The minimum atomic E-state index is 0.0620. The second-order valence-corrected chi connectivity index (χ2v) is 2.97. The van der Waals surface area contributed by atoms with Crippen LogP contribution in [0.15, 0.2) is 12.1 Å². The molecule has 3 nitrogen and oxygen atoms in total. The van der Waals surface area contributed by atoms with Gasteiger partial charge in [0.15, 0.2) is 0 Å². The fourth-order valence-electron chi connectivity index (χ4n) is 0.993. The molecule has 0 aliphatic carbocycles. The van der Waals surface area contributed by atoms with Crippen molar-refractivity contribution in [2.75, 3.05) is 19.0 Å². The number of rotatable bonds is 2. The molecule has 0 fully saturated rings. The zero-order chi connectivity index (χ0) is 9.14. The fraction of sp³-hybridized carbons (Fsp3) is 0.444. The molecule has 0 atom stereocenters. The Labute approximate surface area is 72.7 Å². The van der Waals surface area contributed by atoms with Gasteiger partial charge in [-0.2, -0.15) is 0 Å². The predicted molar refractivity (Wildman–Crippen MR) is 49.2 cm³/mol. The Morgan fingerprint density at radius 2 is 2.08 bits per heavy atom. The van der Waals surface area contributed by atoms with Crippen molar-refractivity contribution < 1.29 is 5.11 Å². The maximum Gasteiger partial charge on any atom is 0.128 e. The third-order valence-electron chi connectivity index (χ3n) is 1.81. The summed E-state index contributed by atoms with van der Waals surface area (Å²) in [6, 6.07) is 3.80. The molecular formula is C9H14N2O. The maximum absolute atomic E-state index is 8.89. The molecule has 1 N–H and O–H groups in total. The van der Waals surface area contributed by atoms with Gasteiger partial charge in [-0.1, -0.05) is 6.07 Å². The van der Waals surface area contributed by atoms with E-state index in [4.69, 9.17) is 5.11 Å². The molecule has 0 unspecified atom stereocenters. The monoisotopic (exact) mass is 166 g/mol. The molecule has 12 heavy (non-hydrogen) atoms. The van der Waals surface area contributed by atoms with E-state index >= 15 is 0 Å². The Kier molecular flexibility index (Phi) is 2.65. The van der Waals surface area contributed by atoms with Crippen LogP contribution in [-0.2, 0) is 6.61 Å². The lowest BCUT2D eigenvalue weighted by atomic mass is 10.2. The Balaban J connectivity index is 3.02. The third kappa shape index (κ3) is 1.74. The quantitative estimate of drug-likeness (QED) is 0.710. The number of nitrogens with zero attached hydrogens (tertiary/aromatic N) is 2. The minimum absolute atomic E-state index is 0.0620. The van der Waals surface area contributed by atoms with Crippen LogP contribution in [-0.4, -0.2) is 24.2 Å². The van der Waals surface area contributed by atoms with Crippen LogP contribution in [0, 0.1) is 6.92 Å². The molecule has 0 aliphatic rings. The molecule has 1 rings (SSSR count). The van der Waals surface area contributed by atoms with Crippen LogP contribution >= 0.6 is 0 Å². The summed E-state index contributed by atoms with van der Waals surface area (Å²) in [7, 11) is 3.89. The highest BCUT2D eigenvalue weighted by atomic mass is 16.3. The molecule has 0 aromatic carbocycles. The molecule has 0 radical (unpaired) electrons. The van der Waals surface area contributed by atoms with E-state index in [0.29, 0.717) is 0 Å². The highest BCUT2D eigenvalue weighted by molar-refractivity contribution is 5.39. The van der Waals surface area contributed by atoms with Gasteiger partial charge in [-0.05, 0) is 18.6 Å². The van der Waals surface area contributed by atoms with Crippen LogP contribution in [0.25, 0.3) is 0 Å². The van der Waals surface area contributed by atoms with Crippen molar-refractivity contribution in [3.05, 3.63) is 23.4 Å². The zero-order valence-electron chi connectivity index (χ0n) is 7.70. The number of pyridine rings is 1. The van der Waals surface area contributed by atoms with Gasteiger partial charge in [0.05, 0.1) is 6.61 Å². The average Bonchev–Trinajstić information content (AvgIpc) is 2.04. The van der Waals surface area contributed by atoms with Crippen molar-refractivity contribution in [3.8, 4) is 0 Å². The minimum Gasteiger partial charge on any atom is -0.392 e. The summed E-state index contributed by atoms with van der Waals surface area (Å²) in [5, 5.41) is 8.89. The molecule has 0 aliphatic heterocycles. The van der Waals surface area contributed by atoms with Gasteiger partial charge in [-0.3, -0.25) is 0 Å². The van der Waals surface area contributed by atoms with E-state index in [1.807, 2.05) is 38.1 Å². The van der Waals surface area contributed by atoms with Crippen molar-refractivity contribution in [3.63, 3.8) is 0 Å². The number of aryl methyl sites for hydroxylation is 1. The smallest absolute Gasteiger partial charge is 0.128 e. The first-order chi connectivity index (χ1) is 5.65. The molecule has 1 heterocycles. The van der Waals surface area contributed by atoms with Gasteiger partial charge in [-0.25, -0.2) is 4.98 Å². The van der Waals surface area contributed by atoms with Gasteiger partial charge in [0, 0.05) is 19.8 Å². The van der Waals surface area contributed by atoms with Crippen molar-refractivity contribution in [2.45, 2.75) is 13.5 Å². The van der Waals surface area contributed by atoms with Gasteiger partial charge in [0.25, 0.3) is 0 Å². The van der Waals surface area contributed by atoms with Crippen LogP contribution in [0.5, 0.6) is 0 Å². The summed E-state index contributed by atoms with van der Waals surface area (Å²) in [5.74, 6) is 0.921. The number of aliphatic hydroxyl groups is 1. The summed E-state index contributed by atoms with van der Waals surface area (Å²) in [6.07, 6.45) is 0. The summed E-state index contributed by atoms with van der Waals surface area (Å²) in [4.78, 5) is 6.25. The first kappa shape index (κ1) is 9.00. The van der Waals surface area contributed by atoms with E-state index in [2.05, 4.69) is 4.98 Å². The first-order valence-corrected chi connectivity index (χ1v) is 3.90. The Morgan fingerprint density at radius 3 is 2.50 bits per heavy atom. The number of aromatic nitrogens is 1.